The van der Waals surface area contributed by atoms with E-state index in [0.717, 1.165) is 0 Å². The Labute approximate surface area is 119 Å². The summed E-state index contributed by atoms with van der Waals surface area (Å²) in [4.78, 5) is 0. The Balaban J connectivity index is -0.00000000178. The molecule has 0 radical (unpaired) electrons. The number of hydrogen-bond acceptors (Lipinski definition) is 3. The van der Waals surface area contributed by atoms with Crippen molar-refractivity contribution >= 4 is 10.4 Å². The zero-order valence-corrected chi connectivity index (χ0v) is 11.3. The topological polar surface area (TPSA) is 362 Å². The van der Waals surface area contributed by atoms with Gasteiger partial charge in [-0.2, -0.15) is 8.42 Å². The summed E-state index contributed by atoms with van der Waals surface area (Å²) in [7, 11) is -4.67. The van der Waals surface area contributed by atoms with Gasteiger partial charge in [0, 0.05) is 41.7 Å². The summed E-state index contributed by atoms with van der Waals surface area (Å²) in [5.41, 5.74) is 0. The first-order valence-corrected chi connectivity index (χ1v) is 2.10. The van der Waals surface area contributed by atoms with Crippen LogP contribution in [0.1, 0.15) is 0 Å². The first-order chi connectivity index (χ1) is 2.00. The minimum absolute atomic E-state index is 0. The molecule has 0 heterocycles. The third-order valence-electron chi connectivity index (χ3n) is 0. The van der Waals surface area contributed by atoms with Gasteiger partial charge in [-0.1, -0.05) is 0 Å². The van der Waals surface area contributed by atoms with Crippen LogP contribution >= 0.6 is 0 Å². The SMILES string of the molecule is N.O.O.O.O.O.O.O.O.O=S(=O)(O)O.[Ce]. The molecule has 21 N–H and O–H groups in total. The van der Waals surface area contributed by atoms with Crippen molar-refractivity contribution in [1.29, 1.82) is 0 Å². The molecule has 0 spiro atoms. The van der Waals surface area contributed by atoms with Gasteiger partial charge in [-0.3, -0.25) is 9.11 Å². The van der Waals surface area contributed by atoms with Gasteiger partial charge in [0.05, 0.1) is 0 Å². The molecule has 108 valence electrons. The van der Waals surface area contributed by atoms with Gasteiger partial charge >= 0.3 is 10.4 Å². The fraction of sp³-hybridized carbons (Fsp3) is 0. The largest absolute Gasteiger partial charge is 0.412 e. The molecule has 0 aliphatic rings. The molecule has 0 saturated carbocycles. The summed E-state index contributed by atoms with van der Waals surface area (Å²) in [6.07, 6.45) is 0. The van der Waals surface area contributed by atoms with E-state index in [1.165, 1.54) is 0 Å². The molecule has 0 amide bonds. The summed E-state index contributed by atoms with van der Waals surface area (Å²) < 4.78 is 31.6. The Morgan fingerprint density at radius 1 is 0.600 bits per heavy atom. The molecule has 0 saturated heterocycles. The number of hydrogen-bond donors (Lipinski definition) is 3. The predicted molar refractivity (Wildman–Crippen MR) is 48.1 cm³/mol. The van der Waals surface area contributed by atoms with Crippen LogP contribution in [-0.2, 0) is 10.4 Å². The molecular weight excluding hydrogens is 378 g/mol. The molecule has 0 fully saturated rings. The summed E-state index contributed by atoms with van der Waals surface area (Å²) in [6, 6.07) is 0. The third-order valence-corrected chi connectivity index (χ3v) is 0. The maximum absolute atomic E-state index is 8.74. The van der Waals surface area contributed by atoms with Crippen molar-refractivity contribution in [2.75, 3.05) is 0 Å². The van der Waals surface area contributed by atoms with Crippen LogP contribution in [0.5, 0.6) is 0 Å². The minimum Gasteiger partial charge on any atom is -0.412 e. The predicted octanol–water partition coefficient (Wildman–Crippen LogP) is -7.09. The van der Waals surface area contributed by atoms with Crippen molar-refractivity contribution in [2.45, 2.75) is 0 Å². The van der Waals surface area contributed by atoms with Gasteiger partial charge < -0.3 is 50.0 Å². The monoisotopic (exact) mass is 399 g/mol. The molecule has 0 aromatic rings. The molecule has 0 bridgehead atoms. The standard InChI is InChI=1S/Ce.H3N.H2O4S.8H2O/c;;1-5(2,3)4;;;;;;;;/h;1H3;(H2,1,2,3,4);8*1H2. The first-order valence-electron chi connectivity index (χ1n) is 0.698. The van der Waals surface area contributed by atoms with Gasteiger partial charge in [0.2, 0.25) is 0 Å². The fourth-order valence-electron chi connectivity index (χ4n) is 0. The molecule has 0 aliphatic heterocycles. The maximum Gasteiger partial charge on any atom is 0.394 e. The molecule has 0 rings (SSSR count). The van der Waals surface area contributed by atoms with Gasteiger partial charge in [-0.25, -0.2) is 0 Å². The third kappa shape index (κ3) is 3140. The average molecular weight is 399 g/mol. The Hall–Kier alpha value is 0.887. The van der Waals surface area contributed by atoms with Crippen LogP contribution in [0.25, 0.3) is 0 Å². The van der Waals surface area contributed by atoms with E-state index in [0.29, 0.717) is 0 Å². The molecule has 15 heteroatoms. The van der Waals surface area contributed by atoms with E-state index in [4.69, 9.17) is 17.5 Å². The van der Waals surface area contributed by atoms with E-state index in [2.05, 4.69) is 0 Å². The quantitative estimate of drug-likeness (QED) is 0.333. The Kier molecular flexibility index (Phi) is 595. The summed E-state index contributed by atoms with van der Waals surface area (Å²) in [5, 5.41) is 0. The van der Waals surface area contributed by atoms with E-state index in [-0.39, 0.29) is 91.7 Å². The second-order valence-corrected chi connectivity index (χ2v) is 1.34. The molecule has 13 nitrogen and oxygen atoms in total. The molecule has 0 aromatic carbocycles. The molecular formula is H21CeNO12S. The van der Waals surface area contributed by atoms with Gasteiger partial charge in [0.25, 0.3) is 0 Å². The maximum atomic E-state index is 8.74. The Bertz CT molecular complexity index is 98.8. The second kappa shape index (κ2) is 60.5. The van der Waals surface area contributed by atoms with Crippen LogP contribution in [-0.4, -0.2) is 61.3 Å². The summed E-state index contributed by atoms with van der Waals surface area (Å²) in [5.74, 6) is 0. The van der Waals surface area contributed by atoms with Crippen molar-refractivity contribution < 1.29 is 103 Å². The van der Waals surface area contributed by atoms with Crippen molar-refractivity contribution in [3.05, 3.63) is 0 Å². The minimum atomic E-state index is -4.67. The van der Waals surface area contributed by atoms with Crippen molar-refractivity contribution in [3.63, 3.8) is 0 Å². The zero-order valence-electron chi connectivity index (χ0n) is 7.33. The summed E-state index contributed by atoms with van der Waals surface area (Å²) >= 11 is 0. The van der Waals surface area contributed by atoms with E-state index >= 15 is 0 Å². The summed E-state index contributed by atoms with van der Waals surface area (Å²) in [6.45, 7) is 0. The van der Waals surface area contributed by atoms with Gasteiger partial charge in [0.1, 0.15) is 0 Å². The normalized spacial score (nSPS) is 3.87. The van der Waals surface area contributed by atoms with Crippen LogP contribution in [0.4, 0.5) is 0 Å². The van der Waals surface area contributed by atoms with E-state index in [1.807, 2.05) is 0 Å². The Morgan fingerprint density at radius 3 is 0.600 bits per heavy atom. The average Bonchev–Trinajstić information content (AvgIpc) is 0.722. The van der Waals surface area contributed by atoms with E-state index in [9.17, 15) is 0 Å². The molecule has 0 unspecified atom stereocenters. The van der Waals surface area contributed by atoms with Crippen LogP contribution in [0.15, 0.2) is 0 Å². The van der Waals surface area contributed by atoms with Crippen LogP contribution in [0.3, 0.4) is 0 Å². The number of rotatable bonds is 0. The van der Waals surface area contributed by atoms with Crippen molar-refractivity contribution in [3.8, 4) is 0 Å². The van der Waals surface area contributed by atoms with Crippen molar-refractivity contribution in [2.24, 2.45) is 0 Å². The smallest absolute Gasteiger partial charge is 0.394 e. The van der Waals surface area contributed by atoms with Crippen molar-refractivity contribution in [1.82, 2.24) is 6.15 Å². The first kappa shape index (κ1) is 147. The van der Waals surface area contributed by atoms with Crippen LogP contribution < -0.4 is 6.15 Å². The van der Waals surface area contributed by atoms with E-state index < -0.39 is 10.4 Å². The van der Waals surface area contributed by atoms with Crippen LogP contribution in [0.2, 0.25) is 0 Å². The molecule has 0 atom stereocenters. The second-order valence-electron chi connectivity index (χ2n) is 0.448. The van der Waals surface area contributed by atoms with E-state index in [1.54, 1.807) is 0 Å². The molecule has 0 aromatic heterocycles. The molecule has 0 aliphatic carbocycles. The fourth-order valence-corrected chi connectivity index (χ4v) is 0. The van der Waals surface area contributed by atoms with Crippen LogP contribution in [0, 0.1) is 41.7 Å². The van der Waals surface area contributed by atoms with Gasteiger partial charge in [0.15, 0.2) is 0 Å². The van der Waals surface area contributed by atoms with Gasteiger partial charge in [-0.15, -0.1) is 0 Å². The molecule has 15 heavy (non-hydrogen) atoms. The zero-order chi connectivity index (χ0) is 4.50. The van der Waals surface area contributed by atoms with Gasteiger partial charge in [-0.05, 0) is 0 Å². The Morgan fingerprint density at radius 2 is 0.600 bits per heavy atom.